The second-order valence-electron chi connectivity index (χ2n) is 9.59. The number of nitrogens with one attached hydrogen (secondary N) is 5. The molecular weight excluding hydrogens is 564 g/mol. The fourth-order valence-corrected chi connectivity index (χ4v) is 3.91. The van der Waals surface area contributed by atoms with Gasteiger partial charge in [0.1, 0.15) is 18.1 Å². The molecule has 0 aliphatic carbocycles. The molecule has 0 aliphatic heterocycles. The number of imidazole rings is 2. The minimum Gasteiger partial charge on any atom is -0.480 e. The Kier molecular flexibility index (Phi) is 13.9. The summed E-state index contributed by atoms with van der Waals surface area (Å²) in [5.41, 5.74) is 28.6. The van der Waals surface area contributed by atoms with E-state index in [1.54, 1.807) is 0 Å². The zero-order valence-corrected chi connectivity index (χ0v) is 23.5. The first-order chi connectivity index (χ1) is 20.5. The lowest BCUT2D eigenvalue weighted by Gasteiger charge is -2.25. The highest BCUT2D eigenvalue weighted by Crippen LogP contribution is 2.07. The van der Waals surface area contributed by atoms with Crippen LogP contribution < -0.4 is 44.6 Å². The van der Waals surface area contributed by atoms with Gasteiger partial charge in [-0.2, -0.15) is 0 Å². The summed E-state index contributed by atoms with van der Waals surface area (Å²) < 4.78 is 0. The first-order valence-corrected chi connectivity index (χ1v) is 13.4. The molecule has 0 fully saturated rings. The number of nitrogens with two attached hydrogens (primary N) is 5. The Morgan fingerprint density at radius 3 is 1.60 bits per heavy atom. The largest absolute Gasteiger partial charge is 0.480 e. The van der Waals surface area contributed by atoms with Crippen molar-refractivity contribution in [1.29, 1.82) is 0 Å². The maximum absolute atomic E-state index is 13.4. The van der Waals surface area contributed by atoms with Crippen molar-refractivity contribution < 1.29 is 24.3 Å². The van der Waals surface area contributed by atoms with Crippen molar-refractivity contribution >= 4 is 35.6 Å². The number of H-pyrrole nitrogens is 2. The molecule has 2 aromatic heterocycles. The highest BCUT2D eigenvalue weighted by atomic mass is 16.4. The first-order valence-electron chi connectivity index (χ1n) is 13.4. The van der Waals surface area contributed by atoms with Crippen LogP contribution in [0.3, 0.4) is 0 Å². The van der Waals surface area contributed by atoms with Gasteiger partial charge in [-0.15, -0.1) is 0 Å². The predicted octanol–water partition coefficient (Wildman–Crippen LogP) is -4.11. The van der Waals surface area contributed by atoms with E-state index in [-0.39, 0.29) is 57.1 Å². The molecular formula is C24H40N14O5. The van der Waals surface area contributed by atoms with E-state index in [9.17, 15) is 24.3 Å². The number of nitrogens with zero attached hydrogens (tertiary/aromatic N) is 4. The molecule has 0 aromatic carbocycles. The monoisotopic (exact) mass is 604 g/mol. The number of carboxylic acids is 1. The van der Waals surface area contributed by atoms with Gasteiger partial charge in [-0.1, -0.05) is 0 Å². The van der Waals surface area contributed by atoms with Crippen LogP contribution in [-0.2, 0) is 32.0 Å². The van der Waals surface area contributed by atoms with Crippen molar-refractivity contribution in [2.24, 2.45) is 38.7 Å². The van der Waals surface area contributed by atoms with Crippen molar-refractivity contribution in [3.05, 3.63) is 36.4 Å². The maximum atomic E-state index is 13.4. The Morgan fingerprint density at radius 1 is 0.744 bits per heavy atom. The molecule has 3 amide bonds. The third-order valence-electron chi connectivity index (χ3n) is 6.08. The van der Waals surface area contributed by atoms with E-state index in [4.69, 9.17) is 28.7 Å². The molecule has 19 nitrogen and oxygen atoms in total. The number of carbonyl (C=O) groups excluding carboxylic acids is 3. The first kappa shape index (κ1) is 34.0. The van der Waals surface area contributed by atoms with Gasteiger partial charge >= 0.3 is 5.97 Å². The number of carbonyl (C=O) groups is 4. The molecule has 19 heteroatoms. The van der Waals surface area contributed by atoms with E-state index in [1.165, 1.54) is 25.0 Å². The molecule has 0 aliphatic rings. The Bertz CT molecular complexity index is 1220. The van der Waals surface area contributed by atoms with Crippen LogP contribution in [0.2, 0.25) is 0 Å². The molecule has 2 aromatic rings. The van der Waals surface area contributed by atoms with E-state index in [1.807, 2.05) is 0 Å². The zero-order chi connectivity index (χ0) is 31.8. The smallest absolute Gasteiger partial charge is 0.326 e. The lowest BCUT2D eigenvalue weighted by molar-refractivity contribution is -0.142. The number of guanidine groups is 2. The summed E-state index contributed by atoms with van der Waals surface area (Å²) in [5, 5.41) is 17.4. The lowest BCUT2D eigenvalue weighted by Crippen LogP contribution is -2.57. The molecule has 0 bridgehead atoms. The number of amides is 3. The average Bonchev–Trinajstić information content (AvgIpc) is 3.65. The summed E-state index contributed by atoms with van der Waals surface area (Å²) in [5.74, 6) is -3.64. The van der Waals surface area contributed by atoms with Crippen LogP contribution in [-0.4, -0.2) is 97.9 Å². The molecule has 236 valence electrons. The number of aromatic amines is 2. The van der Waals surface area contributed by atoms with E-state index in [2.05, 4.69) is 45.9 Å². The molecule has 2 heterocycles. The Balaban J connectivity index is 2.18. The number of hydrogen-bond donors (Lipinski definition) is 11. The van der Waals surface area contributed by atoms with E-state index < -0.39 is 47.9 Å². The standard InChI is InChI=1S/C24H40N14O5/c25-15(7-13-9-30-11-34-13)19(39)36-16(3-1-5-32-23(26)27)20(40)37-17(4-2-6-33-24(28)29)21(41)38-18(22(42)43)8-14-10-31-12-35-14/h9-12,15-18H,1-8,25H2,(H,30,34)(H,31,35)(H,36,39)(H,37,40)(H,38,41)(H,42,43)(H4,26,27,32)(H4,28,29,33). The Labute approximate surface area is 246 Å². The summed E-state index contributed by atoms with van der Waals surface area (Å²) in [6, 6.07) is -4.64. The molecule has 4 unspecified atom stereocenters. The van der Waals surface area contributed by atoms with Gasteiger partial charge in [-0.3, -0.25) is 24.4 Å². The molecule has 16 N–H and O–H groups in total. The van der Waals surface area contributed by atoms with Crippen LogP contribution >= 0.6 is 0 Å². The van der Waals surface area contributed by atoms with Crippen LogP contribution in [0.1, 0.15) is 37.1 Å². The predicted molar refractivity (Wildman–Crippen MR) is 156 cm³/mol. The molecule has 2 rings (SSSR count). The Morgan fingerprint density at radius 2 is 1.19 bits per heavy atom. The van der Waals surface area contributed by atoms with Crippen molar-refractivity contribution in [3.8, 4) is 0 Å². The zero-order valence-electron chi connectivity index (χ0n) is 23.5. The average molecular weight is 605 g/mol. The molecule has 0 saturated heterocycles. The van der Waals surface area contributed by atoms with Crippen molar-refractivity contribution in [2.45, 2.75) is 62.7 Å². The number of hydrogen-bond acceptors (Lipinski definition) is 9. The lowest BCUT2D eigenvalue weighted by atomic mass is 10.1. The van der Waals surface area contributed by atoms with E-state index in [0.717, 1.165) is 0 Å². The van der Waals surface area contributed by atoms with Crippen LogP contribution in [0.4, 0.5) is 0 Å². The fourth-order valence-electron chi connectivity index (χ4n) is 3.91. The molecule has 0 saturated carbocycles. The number of aliphatic carboxylic acids is 1. The van der Waals surface area contributed by atoms with Crippen molar-refractivity contribution in [2.75, 3.05) is 13.1 Å². The maximum Gasteiger partial charge on any atom is 0.326 e. The number of carboxylic acid groups (broad SMARTS) is 1. The third kappa shape index (κ3) is 12.9. The molecule has 43 heavy (non-hydrogen) atoms. The van der Waals surface area contributed by atoms with Crippen LogP contribution in [0.15, 0.2) is 35.0 Å². The topological polar surface area (TPSA) is 337 Å². The summed E-state index contributed by atoms with van der Waals surface area (Å²) in [7, 11) is 0. The van der Waals surface area contributed by atoms with Gasteiger partial charge in [0.05, 0.1) is 18.7 Å². The fraction of sp³-hybridized carbons (Fsp3) is 0.500. The normalized spacial score (nSPS) is 13.5. The molecule has 0 radical (unpaired) electrons. The second-order valence-corrected chi connectivity index (χ2v) is 9.59. The summed E-state index contributed by atoms with van der Waals surface area (Å²) in [4.78, 5) is 72.6. The van der Waals surface area contributed by atoms with Gasteiger partial charge in [0, 0.05) is 49.7 Å². The third-order valence-corrected chi connectivity index (χ3v) is 6.08. The molecule has 0 spiro atoms. The van der Waals surface area contributed by atoms with Crippen molar-refractivity contribution in [3.63, 3.8) is 0 Å². The number of rotatable bonds is 19. The summed E-state index contributed by atoms with van der Waals surface area (Å²) >= 11 is 0. The van der Waals surface area contributed by atoms with Crippen LogP contribution in [0.25, 0.3) is 0 Å². The van der Waals surface area contributed by atoms with Gasteiger partial charge < -0.3 is 59.7 Å². The van der Waals surface area contributed by atoms with E-state index in [0.29, 0.717) is 17.8 Å². The minimum absolute atomic E-state index is 0.0543. The highest BCUT2D eigenvalue weighted by Gasteiger charge is 2.30. The van der Waals surface area contributed by atoms with Gasteiger partial charge in [-0.25, -0.2) is 14.8 Å². The van der Waals surface area contributed by atoms with Crippen LogP contribution in [0, 0.1) is 0 Å². The van der Waals surface area contributed by atoms with E-state index >= 15 is 0 Å². The number of aliphatic imine (C=N–C) groups is 2. The van der Waals surface area contributed by atoms with Gasteiger partial charge in [-0.05, 0) is 25.7 Å². The van der Waals surface area contributed by atoms with Gasteiger partial charge in [0.25, 0.3) is 0 Å². The van der Waals surface area contributed by atoms with Crippen LogP contribution in [0.5, 0.6) is 0 Å². The second kappa shape index (κ2) is 17.6. The minimum atomic E-state index is -1.32. The summed E-state index contributed by atoms with van der Waals surface area (Å²) in [6.45, 7) is 0.331. The highest BCUT2D eigenvalue weighted by molar-refractivity contribution is 5.94. The summed E-state index contributed by atoms with van der Waals surface area (Å²) in [6.07, 6.45) is 6.57. The SMILES string of the molecule is NC(N)=NCCCC(NC(=O)C(N)Cc1cnc[nH]1)C(=O)NC(CCCN=C(N)N)C(=O)NC(Cc1cnc[nH]1)C(=O)O. The quantitative estimate of drug-likeness (QED) is 0.0414. The van der Waals surface area contributed by atoms with Gasteiger partial charge in [0.2, 0.25) is 17.7 Å². The number of aromatic nitrogens is 4. The van der Waals surface area contributed by atoms with Gasteiger partial charge in [0.15, 0.2) is 11.9 Å². The van der Waals surface area contributed by atoms with Crippen molar-refractivity contribution in [1.82, 2.24) is 35.9 Å². The molecule has 4 atom stereocenters. The Hall–Kier alpha value is -5.20.